The minimum Gasteiger partial charge on any atom is -0.444 e. The summed E-state index contributed by atoms with van der Waals surface area (Å²) in [5, 5.41) is 12.6. The van der Waals surface area contributed by atoms with Crippen molar-refractivity contribution in [3.05, 3.63) is 0 Å². The SMILES string of the molecule is CCC(C)(CO)CNCCCN(C)C(=O)OC(C)(C)C. The number of amides is 1. The van der Waals surface area contributed by atoms with E-state index in [0.29, 0.717) is 6.54 Å². The van der Waals surface area contributed by atoms with Gasteiger partial charge in [0.05, 0.1) is 0 Å². The van der Waals surface area contributed by atoms with E-state index in [-0.39, 0.29) is 18.1 Å². The molecule has 120 valence electrons. The van der Waals surface area contributed by atoms with Crippen molar-refractivity contribution in [3.8, 4) is 0 Å². The third-order valence-corrected chi connectivity index (χ3v) is 3.34. The van der Waals surface area contributed by atoms with Crippen LogP contribution in [0.25, 0.3) is 0 Å². The quantitative estimate of drug-likeness (QED) is 0.672. The molecular weight excluding hydrogens is 256 g/mol. The summed E-state index contributed by atoms with van der Waals surface area (Å²) in [5.41, 5.74) is -0.509. The minimum atomic E-state index is -0.451. The summed E-state index contributed by atoms with van der Waals surface area (Å²) in [5.74, 6) is 0. The second-order valence-electron chi connectivity index (χ2n) is 6.75. The molecule has 5 nitrogen and oxygen atoms in total. The van der Waals surface area contributed by atoms with Gasteiger partial charge in [0.1, 0.15) is 5.60 Å². The molecule has 20 heavy (non-hydrogen) atoms. The summed E-state index contributed by atoms with van der Waals surface area (Å²) in [6, 6.07) is 0. The van der Waals surface area contributed by atoms with Crippen LogP contribution in [-0.4, -0.2) is 55.0 Å². The van der Waals surface area contributed by atoms with E-state index in [0.717, 1.165) is 25.9 Å². The minimum absolute atomic E-state index is 0.0585. The van der Waals surface area contributed by atoms with Crippen molar-refractivity contribution >= 4 is 6.09 Å². The first-order valence-corrected chi connectivity index (χ1v) is 7.39. The molecule has 0 heterocycles. The second-order valence-corrected chi connectivity index (χ2v) is 6.75. The first kappa shape index (κ1) is 19.2. The number of aliphatic hydroxyl groups is 1. The smallest absolute Gasteiger partial charge is 0.410 e. The highest BCUT2D eigenvalue weighted by atomic mass is 16.6. The topological polar surface area (TPSA) is 61.8 Å². The van der Waals surface area contributed by atoms with Crippen molar-refractivity contribution in [2.45, 2.75) is 53.1 Å². The monoisotopic (exact) mass is 288 g/mol. The molecule has 0 radical (unpaired) electrons. The summed E-state index contributed by atoms with van der Waals surface area (Å²) in [6.45, 7) is 12.2. The summed E-state index contributed by atoms with van der Waals surface area (Å²) in [4.78, 5) is 13.3. The lowest BCUT2D eigenvalue weighted by Crippen LogP contribution is -2.37. The van der Waals surface area contributed by atoms with Gasteiger partial charge in [0.15, 0.2) is 0 Å². The summed E-state index contributed by atoms with van der Waals surface area (Å²) in [7, 11) is 1.75. The summed E-state index contributed by atoms with van der Waals surface area (Å²) < 4.78 is 5.28. The molecule has 0 aromatic rings. The zero-order valence-corrected chi connectivity index (χ0v) is 14.0. The second kappa shape index (κ2) is 8.47. The Hall–Kier alpha value is -0.810. The lowest BCUT2D eigenvalue weighted by Gasteiger charge is -2.26. The van der Waals surface area contributed by atoms with Crippen LogP contribution in [0.2, 0.25) is 0 Å². The Morgan fingerprint density at radius 2 is 1.90 bits per heavy atom. The van der Waals surface area contributed by atoms with Crippen LogP contribution >= 0.6 is 0 Å². The fourth-order valence-electron chi connectivity index (χ4n) is 1.56. The number of carbonyl (C=O) groups is 1. The maximum absolute atomic E-state index is 11.7. The summed E-state index contributed by atoms with van der Waals surface area (Å²) in [6.07, 6.45) is 1.51. The lowest BCUT2D eigenvalue weighted by molar-refractivity contribution is 0.0297. The molecule has 1 unspecified atom stereocenters. The van der Waals surface area contributed by atoms with Crippen LogP contribution in [0, 0.1) is 5.41 Å². The van der Waals surface area contributed by atoms with Crippen LogP contribution in [0.1, 0.15) is 47.5 Å². The highest BCUT2D eigenvalue weighted by Gasteiger charge is 2.21. The van der Waals surface area contributed by atoms with Gasteiger partial charge in [-0.05, 0) is 40.2 Å². The van der Waals surface area contributed by atoms with Gasteiger partial charge in [-0.15, -0.1) is 0 Å². The Balaban J connectivity index is 3.82. The third kappa shape index (κ3) is 8.38. The summed E-state index contributed by atoms with van der Waals surface area (Å²) >= 11 is 0. The fraction of sp³-hybridized carbons (Fsp3) is 0.933. The molecule has 0 aliphatic rings. The zero-order chi connectivity index (χ0) is 15.8. The number of ether oxygens (including phenoxy) is 1. The van der Waals surface area contributed by atoms with Gasteiger partial charge in [-0.2, -0.15) is 0 Å². The van der Waals surface area contributed by atoms with Gasteiger partial charge in [0.2, 0.25) is 0 Å². The molecule has 0 spiro atoms. The van der Waals surface area contributed by atoms with Gasteiger partial charge in [-0.3, -0.25) is 0 Å². The van der Waals surface area contributed by atoms with Gasteiger partial charge < -0.3 is 20.1 Å². The van der Waals surface area contributed by atoms with Crippen LogP contribution in [0.5, 0.6) is 0 Å². The molecular formula is C15H32N2O3. The van der Waals surface area contributed by atoms with Crippen molar-refractivity contribution in [1.29, 1.82) is 0 Å². The fourth-order valence-corrected chi connectivity index (χ4v) is 1.56. The molecule has 0 fully saturated rings. The number of rotatable bonds is 8. The number of aliphatic hydroxyl groups excluding tert-OH is 1. The van der Waals surface area contributed by atoms with Crippen LogP contribution in [0.3, 0.4) is 0 Å². The van der Waals surface area contributed by atoms with E-state index in [1.807, 2.05) is 20.8 Å². The largest absolute Gasteiger partial charge is 0.444 e. The van der Waals surface area contributed by atoms with Gasteiger partial charge in [-0.25, -0.2) is 4.79 Å². The lowest BCUT2D eigenvalue weighted by atomic mass is 9.89. The Morgan fingerprint density at radius 3 is 2.35 bits per heavy atom. The van der Waals surface area contributed by atoms with Gasteiger partial charge >= 0.3 is 6.09 Å². The molecule has 0 saturated heterocycles. The molecule has 0 bridgehead atoms. The van der Waals surface area contributed by atoms with Gasteiger partial charge in [-0.1, -0.05) is 13.8 Å². The van der Waals surface area contributed by atoms with Crippen LogP contribution in [0.4, 0.5) is 4.79 Å². The standard InChI is InChI=1S/C15H32N2O3/c1-7-15(5,12-18)11-16-9-8-10-17(6)13(19)20-14(2,3)4/h16,18H,7-12H2,1-6H3. The van der Waals surface area contributed by atoms with Crippen LogP contribution in [-0.2, 0) is 4.74 Å². The first-order valence-electron chi connectivity index (χ1n) is 7.39. The molecule has 0 aliphatic carbocycles. The van der Waals surface area contributed by atoms with E-state index < -0.39 is 5.60 Å². The first-order chi connectivity index (χ1) is 9.13. The molecule has 5 heteroatoms. The molecule has 2 N–H and O–H groups in total. The number of hydrogen-bond acceptors (Lipinski definition) is 4. The Labute approximate surface area is 123 Å². The number of nitrogens with zero attached hydrogens (tertiary/aromatic N) is 1. The average Bonchev–Trinajstić information content (AvgIpc) is 2.35. The molecule has 0 aromatic heterocycles. The average molecular weight is 288 g/mol. The van der Waals surface area contributed by atoms with Crippen molar-refractivity contribution in [1.82, 2.24) is 10.2 Å². The number of nitrogens with one attached hydrogen (secondary N) is 1. The predicted molar refractivity (Wildman–Crippen MR) is 81.8 cm³/mol. The van der Waals surface area contributed by atoms with Crippen molar-refractivity contribution in [3.63, 3.8) is 0 Å². The Morgan fingerprint density at radius 1 is 1.30 bits per heavy atom. The maximum Gasteiger partial charge on any atom is 0.410 e. The van der Waals surface area contributed by atoms with Gasteiger partial charge in [0, 0.05) is 32.2 Å². The normalized spacial score (nSPS) is 14.8. The maximum atomic E-state index is 11.7. The van der Waals surface area contributed by atoms with Crippen LogP contribution in [0.15, 0.2) is 0 Å². The van der Waals surface area contributed by atoms with E-state index in [2.05, 4.69) is 19.2 Å². The molecule has 0 rings (SSSR count). The predicted octanol–water partition coefficient (Wildman–Crippen LogP) is 2.24. The third-order valence-electron chi connectivity index (χ3n) is 3.34. The Kier molecular flexibility index (Phi) is 8.13. The van der Waals surface area contributed by atoms with E-state index in [1.54, 1.807) is 11.9 Å². The number of hydrogen-bond donors (Lipinski definition) is 2. The molecule has 1 atom stereocenters. The van der Waals surface area contributed by atoms with Crippen molar-refractivity contribution < 1.29 is 14.6 Å². The van der Waals surface area contributed by atoms with E-state index in [9.17, 15) is 9.90 Å². The van der Waals surface area contributed by atoms with Crippen LogP contribution < -0.4 is 5.32 Å². The highest BCUT2D eigenvalue weighted by molar-refractivity contribution is 5.67. The molecule has 0 saturated carbocycles. The van der Waals surface area contributed by atoms with E-state index in [4.69, 9.17) is 4.74 Å². The highest BCUT2D eigenvalue weighted by Crippen LogP contribution is 2.18. The molecule has 0 aromatic carbocycles. The Bertz CT molecular complexity index is 283. The van der Waals surface area contributed by atoms with Gasteiger partial charge in [0.25, 0.3) is 0 Å². The van der Waals surface area contributed by atoms with Crippen molar-refractivity contribution in [2.24, 2.45) is 5.41 Å². The van der Waals surface area contributed by atoms with E-state index in [1.165, 1.54) is 0 Å². The molecule has 1 amide bonds. The van der Waals surface area contributed by atoms with E-state index >= 15 is 0 Å². The van der Waals surface area contributed by atoms with Crippen molar-refractivity contribution in [2.75, 3.05) is 33.3 Å². The molecule has 0 aliphatic heterocycles. The zero-order valence-electron chi connectivity index (χ0n) is 14.0. The number of carbonyl (C=O) groups excluding carboxylic acids is 1.